The van der Waals surface area contributed by atoms with Crippen LogP contribution in [-0.4, -0.2) is 50.7 Å². The Morgan fingerprint density at radius 3 is 2.60 bits per heavy atom. The van der Waals surface area contributed by atoms with Crippen molar-refractivity contribution >= 4 is 27.0 Å². The first-order valence-corrected chi connectivity index (χ1v) is 13.0. The van der Waals surface area contributed by atoms with Gasteiger partial charge in [-0.15, -0.1) is 10.2 Å². The monoisotopic (exact) mass is 494 g/mol. The molecule has 4 aromatic rings. The minimum atomic E-state index is -3.79. The molecule has 1 aliphatic carbocycles. The van der Waals surface area contributed by atoms with Crippen molar-refractivity contribution in [2.75, 3.05) is 7.11 Å². The van der Waals surface area contributed by atoms with Gasteiger partial charge in [-0.2, -0.15) is 5.10 Å². The van der Waals surface area contributed by atoms with E-state index in [1.54, 1.807) is 41.2 Å². The van der Waals surface area contributed by atoms with Gasteiger partial charge in [-0.1, -0.05) is 23.4 Å². The van der Waals surface area contributed by atoms with Gasteiger partial charge < -0.3 is 4.74 Å². The number of hydrogen-bond acceptors (Lipinski definition) is 8. The lowest BCUT2D eigenvalue weighted by Gasteiger charge is -2.11. The molecule has 1 fully saturated rings. The number of rotatable bonds is 9. The zero-order valence-corrected chi connectivity index (χ0v) is 20.4. The third kappa shape index (κ3) is 4.43. The minimum absolute atomic E-state index is 0.181. The second-order valence-corrected chi connectivity index (χ2v) is 10.5. The topological polar surface area (TPSA) is 122 Å². The van der Waals surface area contributed by atoms with E-state index in [0.717, 1.165) is 48.0 Å². The van der Waals surface area contributed by atoms with E-state index in [1.807, 2.05) is 13.0 Å². The molecular formula is C24H26N6O4S. The summed E-state index contributed by atoms with van der Waals surface area (Å²) in [5, 5.41) is 17.3. The van der Waals surface area contributed by atoms with Crippen LogP contribution < -0.4 is 0 Å². The number of carbonyl (C=O) groups excluding carboxylic acids is 1. The molecule has 0 N–H and O–H groups in total. The molecule has 11 heteroatoms. The summed E-state index contributed by atoms with van der Waals surface area (Å²) in [7, 11) is -2.48. The van der Waals surface area contributed by atoms with Gasteiger partial charge in [-0.25, -0.2) is 17.2 Å². The van der Waals surface area contributed by atoms with E-state index in [-0.39, 0.29) is 16.5 Å². The third-order valence-electron chi connectivity index (χ3n) is 6.27. The molecule has 0 spiro atoms. The Hall–Kier alpha value is -3.60. The van der Waals surface area contributed by atoms with E-state index in [1.165, 1.54) is 11.1 Å². The predicted molar refractivity (Wildman–Crippen MR) is 128 cm³/mol. The molecule has 182 valence electrons. The number of aromatic nitrogens is 6. The Bertz CT molecular complexity index is 1490. The first kappa shape index (κ1) is 23.2. The number of aryl methyl sites for hydroxylation is 3. The average molecular weight is 495 g/mol. The number of carbonyl (C=O) groups is 1. The Morgan fingerprint density at radius 1 is 1.11 bits per heavy atom. The van der Waals surface area contributed by atoms with Crippen molar-refractivity contribution in [3.8, 4) is 0 Å². The summed E-state index contributed by atoms with van der Waals surface area (Å²) < 4.78 is 34.8. The molecule has 1 aromatic carbocycles. The number of hydrogen-bond donors (Lipinski definition) is 0. The second-order valence-electron chi connectivity index (χ2n) is 8.76. The summed E-state index contributed by atoms with van der Waals surface area (Å²) in [6.07, 6.45) is 5.83. The van der Waals surface area contributed by atoms with E-state index in [9.17, 15) is 13.2 Å². The van der Waals surface area contributed by atoms with Crippen LogP contribution in [-0.2, 0) is 27.7 Å². The summed E-state index contributed by atoms with van der Waals surface area (Å²) >= 11 is 0. The van der Waals surface area contributed by atoms with Crippen LogP contribution in [0.4, 0.5) is 0 Å². The highest BCUT2D eigenvalue weighted by atomic mass is 32.2. The molecule has 0 amide bonds. The molecule has 0 atom stereocenters. The molecule has 1 saturated carbocycles. The predicted octanol–water partition coefficient (Wildman–Crippen LogP) is 3.26. The molecule has 35 heavy (non-hydrogen) atoms. The molecule has 0 radical (unpaired) electrons. The normalized spacial score (nSPS) is 13.9. The van der Waals surface area contributed by atoms with Crippen molar-refractivity contribution < 1.29 is 17.9 Å². The Morgan fingerprint density at radius 2 is 1.89 bits per heavy atom. The maximum absolute atomic E-state index is 13.6. The van der Waals surface area contributed by atoms with Crippen molar-refractivity contribution in [1.29, 1.82) is 0 Å². The molecule has 0 aliphatic heterocycles. The highest BCUT2D eigenvalue weighted by Gasteiger charge is 2.35. The third-order valence-corrected chi connectivity index (χ3v) is 7.99. The van der Waals surface area contributed by atoms with Gasteiger partial charge in [0.05, 0.1) is 23.9 Å². The van der Waals surface area contributed by atoms with Crippen LogP contribution in [0.1, 0.15) is 59.0 Å². The number of fused-ring (bicyclic) bond motifs is 1. The summed E-state index contributed by atoms with van der Waals surface area (Å²) in [5.74, 6) is -0.286. The van der Waals surface area contributed by atoms with Crippen molar-refractivity contribution in [2.24, 2.45) is 0 Å². The van der Waals surface area contributed by atoms with Gasteiger partial charge in [0.15, 0.2) is 11.3 Å². The number of esters is 1. The van der Waals surface area contributed by atoms with Crippen LogP contribution in [0.5, 0.6) is 0 Å². The molecule has 0 saturated heterocycles. The zero-order chi connectivity index (χ0) is 24.6. The van der Waals surface area contributed by atoms with Crippen LogP contribution in [0.25, 0.3) is 11.0 Å². The molecule has 3 aromatic heterocycles. The van der Waals surface area contributed by atoms with Gasteiger partial charge in [-0.3, -0.25) is 4.68 Å². The first-order valence-electron chi connectivity index (χ1n) is 11.6. The molecular weight excluding hydrogens is 468 g/mol. The van der Waals surface area contributed by atoms with Crippen LogP contribution in [0, 0.1) is 6.92 Å². The van der Waals surface area contributed by atoms with Gasteiger partial charge in [0, 0.05) is 23.5 Å². The summed E-state index contributed by atoms with van der Waals surface area (Å²) in [6.45, 7) is 2.58. The second kappa shape index (κ2) is 9.21. The summed E-state index contributed by atoms with van der Waals surface area (Å²) in [6, 6.07) is 10.4. The standard InChI is InChI=1S/C24H26N6O4S/c1-16-20-14-18(8-6-7-13-29-15-21(26-28-29)24(31)34-2)25-27-23(20)30(22(16)17-11-12-17)35(32,33)19-9-4-3-5-10-19/h3-5,9-10,14-15,17H,6-8,11-13H2,1-2H3. The van der Waals surface area contributed by atoms with Gasteiger partial charge in [0.1, 0.15) is 0 Å². The largest absolute Gasteiger partial charge is 0.464 e. The fourth-order valence-electron chi connectivity index (χ4n) is 4.33. The van der Waals surface area contributed by atoms with Gasteiger partial charge in [0.2, 0.25) is 0 Å². The van der Waals surface area contributed by atoms with Crippen molar-refractivity contribution in [2.45, 2.75) is 56.4 Å². The average Bonchev–Trinajstić information content (AvgIpc) is 3.52. The molecule has 0 unspecified atom stereocenters. The van der Waals surface area contributed by atoms with Crippen molar-refractivity contribution in [1.82, 2.24) is 29.2 Å². The van der Waals surface area contributed by atoms with E-state index >= 15 is 0 Å². The van der Waals surface area contributed by atoms with Gasteiger partial charge in [-0.05, 0) is 62.8 Å². The molecule has 10 nitrogen and oxygen atoms in total. The van der Waals surface area contributed by atoms with E-state index in [4.69, 9.17) is 0 Å². The molecule has 1 aliphatic rings. The lowest BCUT2D eigenvalue weighted by atomic mass is 10.1. The molecule has 0 bridgehead atoms. The van der Waals surface area contributed by atoms with E-state index in [0.29, 0.717) is 18.6 Å². The Balaban J connectivity index is 1.36. The Labute approximate surface area is 203 Å². The molecule has 3 heterocycles. The van der Waals surface area contributed by atoms with Crippen LogP contribution >= 0.6 is 0 Å². The minimum Gasteiger partial charge on any atom is -0.464 e. The quantitative estimate of drug-likeness (QED) is 0.257. The maximum Gasteiger partial charge on any atom is 0.360 e. The van der Waals surface area contributed by atoms with Crippen molar-refractivity contribution in [3.05, 3.63) is 65.2 Å². The maximum atomic E-state index is 13.6. The van der Waals surface area contributed by atoms with Crippen molar-refractivity contribution in [3.63, 3.8) is 0 Å². The molecule has 5 rings (SSSR count). The number of ether oxygens (including phenoxy) is 1. The lowest BCUT2D eigenvalue weighted by Crippen LogP contribution is -2.16. The fourth-order valence-corrected chi connectivity index (χ4v) is 5.95. The zero-order valence-electron chi connectivity index (χ0n) is 19.6. The highest BCUT2D eigenvalue weighted by molar-refractivity contribution is 7.90. The highest BCUT2D eigenvalue weighted by Crippen LogP contribution is 2.45. The smallest absolute Gasteiger partial charge is 0.360 e. The summed E-state index contributed by atoms with van der Waals surface area (Å²) in [5.41, 5.74) is 3.15. The van der Waals surface area contributed by atoms with Crippen LogP contribution in [0.15, 0.2) is 47.5 Å². The van der Waals surface area contributed by atoms with Crippen LogP contribution in [0.2, 0.25) is 0 Å². The summed E-state index contributed by atoms with van der Waals surface area (Å²) in [4.78, 5) is 11.7. The van der Waals surface area contributed by atoms with Gasteiger partial charge in [0.25, 0.3) is 10.0 Å². The lowest BCUT2D eigenvalue weighted by molar-refractivity contribution is 0.0594. The van der Waals surface area contributed by atoms with E-state index in [2.05, 4.69) is 25.2 Å². The first-order chi connectivity index (χ1) is 16.9. The number of nitrogens with zero attached hydrogens (tertiary/aromatic N) is 6. The number of benzene rings is 1. The fraction of sp³-hybridized carbons (Fsp3) is 0.375. The van der Waals surface area contributed by atoms with Crippen LogP contribution in [0.3, 0.4) is 0 Å². The van der Waals surface area contributed by atoms with E-state index < -0.39 is 16.0 Å². The Kier molecular flexibility index (Phi) is 6.10. The number of methoxy groups -OCH3 is 1. The SMILES string of the molecule is COC(=O)c1cn(CCCCc2cc3c(C)c(C4CC4)n(S(=O)(=O)c4ccccc4)c3nn2)nn1. The van der Waals surface area contributed by atoms with Gasteiger partial charge >= 0.3 is 5.97 Å². The number of unbranched alkanes of at least 4 members (excludes halogenated alkanes) is 1.